The first kappa shape index (κ1) is 24.3. The van der Waals surface area contributed by atoms with Gasteiger partial charge in [0, 0.05) is 6.54 Å². The van der Waals surface area contributed by atoms with E-state index in [0.29, 0.717) is 33.5 Å². The van der Waals surface area contributed by atoms with Gasteiger partial charge in [0.25, 0.3) is 5.91 Å². The Labute approximate surface area is 207 Å². The topological polar surface area (TPSA) is 109 Å². The molecule has 1 amide bonds. The molecule has 0 fully saturated rings. The monoisotopic (exact) mass is 494 g/mol. The number of hydrogen-bond acceptors (Lipinski definition) is 8. The van der Waals surface area contributed by atoms with Crippen molar-refractivity contribution >= 4 is 23.0 Å². The van der Waals surface area contributed by atoms with Crippen LogP contribution in [0.1, 0.15) is 44.5 Å². The normalized spacial score (nSPS) is 15.6. The van der Waals surface area contributed by atoms with Crippen LogP contribution in [0.15, 0.2) is 53.8 Å². The van der Waals surface area contributed by atoms with Gasteiger partial charge in [0.05, 0.1) is 40.9 Å². The van der Waals surface area contributed by atoms with Gasteiger partial charge in [-0.05, 0) is 56.2 Å². The van der Waals surface area contributed by atoms with Gasteiger partial charge in [-0.2, -0.15) is 0 Å². The zero-order valence-electron chi connectivity index (χ0n) is 19.9. The Bertz CT molecular complexity index is 1310. The SMILES string of the molecule is CCOc1cc(C2C(C(=O)c3sc(C)nc3C)=C(O)C(=O)N2Cc2ccc(OC)cc2)ccc1O. The van der Waals surface area contributed by atoms with Crippen molar-refractivity contribution in [3.05, 3.63) is 80.5 Å². The highest BCUT2D eigenvalue weighted by molar-refractivity contribution is 7.14. The Hall–Kier alpha value is -3.85. The molecule has 2 heterocycles. The average molecular weight is 495 g/mol. The Kier molecular flexibility index (Phi) is 6.79. The lowest BCUT2D eigenvalue weighted by atomic mass is 9.94. The summed E-state index contributed by atoms with van der Waals surface area (Å²) in [5.74, 6) is -0.858. The van der Waals surface area contributed by atoms with E-state index in [1.165, 1.54) is 22.3 Å². The molecule has 0 radical (unpaired) electrons. The van der Waals surface area contributed by atoms with E-state index in [2.05, 4.69) is 4.98 Å². The van der Waals surface area contributed by atoms with E-state index in [9.17, 15) is 19.8 Å². The number of amides is 1. The van der Waals surface area contributed by atoms with Crippen molar-refractivity contribution in [2.45, 2.75) is 33.4 Å². The smallest absolute Gasteiger partial charge is 0.290 e. The Balaban J connectivity index is 1.82. The number of ketones is 1. The zero-order chi connectivity index (χ0) is 25.3. The largest absolute Gasteiger partial charge is 0.504 e. The fourth-order valence-electron chi connectivity index (χ4n) is 4.16. The van der Waals surface area contributed by atoms with Crippen LogP contribution in [0.5, 0.6) is 17.2 Å². The Morgan fingerprint density at radius 2 is 1.86 bits per heavy atom. The summed E-state index contributed by atoms with van der Waals surface area (Å²) in [5.41, 5.74) is 1.83. The summed E-state index contributed by atoms with van der Waals surface area (Å²) >= 11 is 1.22. The number of phenolic OH excluding ortho intramolecular Hbond substituents is 1. The van der Waals surface area contributed by atoms with Crippen LogP contribution in [0.3, 0.4) is 0 Å². The fraction of sp³-hybridized carbons (Fsp3) is 0.269. The second-order valence-electron chi connectivity index (χ2n) is 8.08. The third-order valence-corrected chi connectivity index (χ3v) is 6.84. The van der Waals surface area contributed by atoms with Crippen LogP contribution in [0.4, 0.5) is 0 Å². The molecule has 182 valence electrons. The predicted octanol–water partition coefficient (Wildman–Crippen LogP) is 4.65. The maximum atomic E-state index is 13.7. The van der Waals surface area contributed by atoms with Gasteiger partial charge in [-0.25, -0.2) is 4.98 Å². The molecule has 1 atom stereocenters. The number of aliphatic hydroxyl groups is 1. The van der Waals surface area contributed by atoms with Gasteiger partial charge in [-0.1, -0.05) is 18.2 Å². The summed E-state index contributed by atoms with van der Waals surface area (Å²) in [6.45, 7) is 5.77. The van der Waals surface area contributed by atoms with Crippen LogP contribution in [-0.2, 0) is 11.3 Å². The van der Waals surface area contributed by atoms with Crippen LogP contribution in [0.2, 0.25) is 0 Å². The molecule has 0 aliphatic carbocycles. The summed E-state index contributed by atoms with van der Waals surface area (Å²) < 4.78 is 10.7. The molecule has 35 heavy (non-hydrogen) atoms. The number of methoxy groups -OCH3 is 1. The van der Waals surface area contributed by atoms with E-state index in [0.717, 1.165) is 5.56 Å². The molecular formula is C26H26N2O6S. The third-order valence-electron chi connectivity index (χ3n) is 5.77. The lowest BCUT2D eigenvalue weighted by Crippen LogP contribution is -2.30. The van der Waals surface area contributed by atoms with Crippen molar-refractivity contribution in [2.75, 3.05) is 13.7 Å². The van der Waals surface area contributed by atoms with Crippen LogP contribution in [-0.4, -0.2) is 45.5 Å². The van der Waals surface area contributed by atoms with E-state index in [-0.39, 0.29) is 23.6 Å². The zero-order valence-corrected chi connectivity index (χ0v) is 20.7. The molecule has 8 nitrogen and oxygen atoms in total. The number of phenols is 1. The average Bonchev–Trinajstić information content (AvgIpc) is 3.31. The molecule has 2 N–H and O–H groups in total. The highest BCUT2D eigenvalue weighted by atomic mass is 32.1. The van der Waals surface area contributed by atoms with Crippen molar-refractivity contribution in [3.63, 3.8) is 0 Å². The van der Waals surface area contributed by atoms with E-state index in [1.54, 1.807) is 52.1 Å². The molecule has 1 unspecified atom stereocenters. The molecule has 0 saturated carbocycles. The van der Waals surface area contributed by atoms with Crippen molar-refractivity contribution in [2.24, 2.45) is 0 Å². The summed E-state index contributed by atoms with van der Waals surface area (Å²) in [6, 6.07) is 11.0. The minimum Gasteiger partial charge on any atom is -0.504 e. The van der Waals surface area contributed by atoms with Gasteiger partial charge in [0.15, 0.2) is 17.3 Å². The summed E-state index contributed by atoms with van der Waals surface area (Å²) in [5, 5.41) is 21.8. The lowest BCUT2D eigenvalue weighted by Gasteiger charge is -2.27. The number of hydrogen-bond donors (Lipinski definition) is 2. The number of rotatable bonds is 8. The standard InChI is InChI=1S/C26H26N2O6S/c1-5-34-20-12-17(8-11-19(20)29)22-21(23(30)25-14(2)27-15(3)35-25)24(31)26(32)28(22)13-16-6-9-18(33-4)10-7-16/h6-12,22,29,31H,5,13H2,1-4H3. The first-order chi connectivity index (χ1) is 16.7. The molecule has 3 aromatic rings. The van der Waals surface area contributed by atoms with Crippen molar-refractivity contribution in [1.29, 1.82) is 0 Å². The second-order valence-corrected chi connectivity index (χ2v) is 9.29. The van der Waals surface area contributed by atoms with Crippen LogP contribution in [0, 0.1) is 13.8 Å². The van der Waals surface area contributed by atoms with Gasteiger partial charge < -0.3 is 24.6 Å². The van der Waals surface area contributed by atoms with E-state index in [4.69, 9.17) is 9.47 Å². The number of thiazole rings is 1. The molecule has 1 aliphatic rings. The number of aliphatic hydroxyl groups excluding tert-OH is 1. The quantitative estimate of drug-likeness (QED) is 0.439. The van der Waals surface area contributed by atoms with Gasteiger partial charge in [0.1, 0.15) is 5.75 Å². The van der Waals surface area contributed by atoms with E-state index >= 15 is 0 Å². The van der Waals surface area contributed by atoms with Crippen LogP contribution < -0.4 is 9.47 Å². The van der Waals surface area contributed by atoms with E-state index in [1.807, 2.05) is 12.1 Å². The third kappa shape index (κ3) is 4.59. The molecule has 0 saturated heterocycles. The number of aromatic hydroxyl groups is 1. The van der Waals surface area contributed by atoms with Gasteiger partial charge in [0.2, 0.25) is 5.78 Å². The number of ether oxygens (including phenoxy) is 2. The second kappa shape index (κ2) is 9.79. The minimum absolute atomic E-state index is 0.0246. The van der Waals surface area contributed by atoms with Crippen molar-refractivity contribution in [3.8, 4) is 17.2 Å². The molecule has 1 aliphatic heterocycles. The predicted molar refractivity (Wildman–Crippen MR) is 131 cm³/mol. The minimum atomic E-state index is -0.890. The molecule has 9 heteroatoms. The van der Waals surface area contributed by atoms with E-state index < -0.39 is 23.5 Å². The van der Waals surface area contributed by atoms with Gasteiger partial charge in [-0.3, -0.25) is 9.59 Å². The first-order valence-corrected chi connectivity index (χ1v) is 11.9. The molecule has 1 aromatic heterocycles. The number of aryl methyl sites for hydroxylation is 2. The Morgan fingerprint density at radius 1 is 1.14 bits per heavy atom. The van der Waals surface area contributed by atoms with Crippen LogP contribution >= 0.6 is 11.3 Å². The number of carbonyl (C=O) groups excluding carboxylic acids is 2. The number of benzene rings is 2. The maximum Gasteiger partial charge on any atom is 0.290 e. The maximum absolute atomic E-state index is 13.7. The number of carbonyl (C=O) groups is 2. The summed E-state index contributed by atoms with van der Waals surface area (Å²) in [7, 11) is 1.57. The van der Waals surface area contributed by atoms with Gasteiger partial charge in [-0.15, -0.1) is 11.3 Å². The number of nitrogens with zero attached hydrogens (tertiary/aromatic N) is 2. The highest BCUT2D eigenvalue weighted by Gasteiger charge is 2.44. The number of Topliss-reactive ketones (excluding diaryl/α,β-unsaturated/α-hetero) is 1. The molecule has 0 spiro atoms. The Morgan fingerprint density at radius 3 is 2.46 bits per heavy atom. The number of aromatic nitrogens is 1. The summed E-state index contributed by atoms with van der Waals surface area (Å²) in [6.07, 6.45) is 0. The molecule has 4 rings (SSSR count). The lowest BCUT2D eigenvalue weighted by molar-refractivity contribution is -0.130. The molecular weight excluding hydrogens is 468 g/mol. The fourth-order valence-corrected chi connectivity index (χ4v) is 5.03. The molecule has 0 bridgehead atoms. The molecule has 2 aromatic carbocycles. The summed E-state index contributed by atoms with van der Waals surface area (Å²) in [4.78, 5) is 33.1. The van der Waals surface area contributed by atoms with Crippen LogP contribution in [0.25, 0.3) is 0 Å². The van der Waals surface area contributed by atoms with Crippen molar-refractivity contribution in [1.82, 2.24) is 9.88 Å². The first-order valence-electron chi connectivity index (χ1n) is 11.1. The van der Waals surface area contributed by atoms with Gasteiger partial charge >= 0.3 is 0 Å². The van der Waals surface area contributed by atoms with Crippen molar-refractivity contribution < 1.29 is 29.3 Å². The highest BCUT2D eigenvalue weighted by Crippen LogP contribution is 2.43.